The number of phenolic OH excluding ortho intramolecular Hbond substituents is 1. The fraction of sp³-hybridized carbons (Fsp3) is 0.368. The van der Waals surface area contributed by atoms with Crippen molar-refractivity contribution in [3.8, 4) is 23.0 Å². The van der Waals surface area contributed by atoms with Crippen molar-refractivity contribution in [2.24, 2.45) is 0 Å². The largest absolute Gasteiger partial charge is 0.508 e. The van der Waals surface area contributed by atoms with Gasteiger partial charge in [0.15, 0.2) is 0 Å². The molecule has 0 aliphatic carbocycles. The molecule has 1 N–H and O–H groups in total. The van der Waals surface area contributed by atoms with Gasteiger partial charge in [-0.1, -0.05) is 11.6 Å². The molecule has 130 valence electrons. The quantitative estimate of drug-likeness (QED) is 0.681. The lowest BCUT2D eigenvalue weighted by molar-refractivity contribution is 0.238. The van der Waals surface area contributed by atoms with Crippen LogP contribution < -0.4 is 14.2 Å². The maximum absolute atomic E-state index is 9.45. The van der Waals surface area contributed by atoms with Gasteiger partial charge in [0.2, 0.25) is 0 Å². The summed E-state index contributed by atoms with van der Waals surface area (Å²) < 4.78 is 16.9. The molecule has 4 nitrogen and oxygen atoms in total. The number of aryl methyl sites for hydroxylation is 1. The topological polar surface area (TPSA) is 47.9 Å². The molecule has 0 atom stereocenters. The normalized spacial score (nSPS) is 10.7. The van der Waals surface area contributed by atoms with Crippen LogP contribution in [0.2, 0.25) is 5.02 Å². The first kappa shape index (κ1) is 18.3. The monoisotopic (exact) mass is 350 g/mol. The Bertz CT molecular complexity index is 630. The van der Waals surface area contributed by atoms with E-state index in [1.807, 2.05) is 45.0 Å². The van der Waals surface area contributed by atoms with Crippen molar-refractivity contribution in [2.75, 3.05) is 13.2 Å². The molecule has 0 unspecified atom stereocenters. The fourth-order valence-electron chi connectivity index (χ4n) is 2.21. The van der Waals surface area contributed by atoms with Crippen molar-refractivity contribution < 1.29 is 19.3 Å². The van der Waals surface area contributed by atoms with Crippen LogP contribution in [0.1, 0.15) is 25.8 Å². The van der Waals surface area contributed by atoms with Crippen LogP contribution in [0.3, 0.4) is 0 Å². The minimum absolute atomic E-state index is 0.137. The van der Waals surface area contributed by atoms with E-state index < -0.39 is 0 Å². The molecular formula is C19H23ClO4. The van der Waals surface area contributed by atoms with Crippen LogP contribution in [0.4, 0.5) is 0 Å². The first-order valence-electron chi connectivity index (χ1n) is 7.97. The van der Waals surface area contributed by atoms with Gasteiger partial charge in [0.05, 0.1) is 24.3 Å². The molecule has 0 radical (unpaired) electrons. The van der Waals surface area contributed by atoms with Gasteiger partial charge in [0.1, 0.15) is 23.0 Å². The van der Waals surface area contributed by atoms with E-state index in [0.717, 1.165) is 23.5 Å². The number of hydrogen-bond donors (Lipinski definition) is 1. The van der Waals surface area contributed by atoms with Crippen molar-refractivity contribution in [2.45, 2.75) is 33.3 Å². The van der Waals surface area contributed by atoms with Crippen molar-refractivity contribution in [3.63, 3.8) is 0 Å². The van der Waals surface area contributed by atoms with E-state index in [-0.39, 0.29) is 11.9 Å². The Balaban J connectivity index is 1.73. The summed E-state index contributed by atoms with van der Waals surface area (Å²) in [5, 5.41) is 9.86. The summed E-state index contributed by atoms with van der Waals surface area (Å²) in [6, 6.07) is 10.7. The Hall–Kier alpha value is -2.07. The van der Waals surface area contributed by atoms with Gasteiger partial charge in [-0.25, -0.2) is 0 Å². The average Bonchev–Trinajstić information content (AvgIpc) is 2.50. The second kappa shape index (κ2) is 8.69. The van der Waals surface area contributed by atoms with Gasteiger partial charge in [0, 0.05) is 12.5 Å². The second-order valence-corrected chi connectivity index (χ2v) is 6.17. The Labute approximate surface area is 147 Å². The molecule has 2 aromatic carbocycles. The molecule has 0 aliphatic heterocycles. The lowest BCUT2D eigenvalue weighted by Crippen LogP contribution is -2.06. The summed E-state index contributed by atoms with van der Waals surface area (Å²) in [4.78, 5) is 0. The molecule has 0 saturated heterocycles. The molecule has 0 spiro atoms. The van der Waals surface area contributed by atoms with Gasteiger partial charge in [-0.2, -0.15) is 0 Å². The maximum atomic E-state index is 9.45. The van der Waals surface area contributed by atoms with E-state index in [2.05, 4.69) is 0 Å². The first-order chi connectivity index (χ1) is 11.5. The van der Waals surface area contributed by atoms with Gasteiger partial charge >= 0.3 is 0 Å². The maximum Gasteiger partial charge on any atom is 0.141 e. The predicted octanol–water partition coefficient (Wildman–Crippen LogP) is 4.99. The highest BCUT2D eigenvalue weighted by atomic mass is 35.5. The third-order valence-electron chi connectivity index (χ3n) is 3.21. The van der Waals surface area contributed by atoms with Crippen molar-refractivity contribution in [1.82, 2.24) is 0 Å². The predicted molar refractivity (Wildman–Crippen MR) is 95.7 cm³/mol. The SMILES string of the molecule is Cc1cc(O)cc(Cl)c1OCCCOc1ccc(OC(C)C)cc1. The zero-order chi connectivity index (χ0) is 17.5. The molecule has 0 aliphatic rings. The van der Waals surface area contributed by atoms with Gasteiger partial charge in [-0.05, 0) is 56.7 Å². The lowest BCUT2D eigenvalue weighted by atomic mass is 10.2. The van der Waals surface area contributed by atoms with Crippen LogP contribution in [0.25, 0.3) is 0 Å². The molecule has 24 heavy (non-hydrogen) atoms. The number of halogens is 1. The van der Waals surface area contributed by atoms with Crippen molar-refractivity contribution in [1.29, 1.82) is 0 Å². The number of aromatic hydroxyl groups is 1. The molecule has 0 heterocycles. The third kappa shape index (κ3) is 5.53. The standard InChI is InChI=1S/C19H23ClO4/c1-13(2)24-17-7-5-16(6-8-17)22-9-4-10-23-19-14(3)11-15(21)12-18(19)20/h5-8,11-13,21H,4,9-10H2,1-3H3. The Kier molecular flexibility index (Phi) is 6.62. The molecule has 2 rings (SSSR count). The van der Waals surface area contributed by atoms with Crippen molar-refractivity contribution in [3.05, 3.63) is 47.0 Å². The van der Waals surface area contributed by atoms with E-state index in [1.54, 1.807) is 6.07 Å². The van der Waals surface area contributed by atoms with Crippen LogP contribution in [-0.2, 0) is 0 Å². The van der Waals surface area contributed by atoms with Gasteiger partial charge in [0.25, 0.3) is 0 Å². The zero-order valence-electron chi connectivity index (χ0n) is 14.2. The number of ether oxygens (including phenoxy) is 3. The van der Waals surface area contributed by atoms with E-state index in [4.69, 9.17) is 25.8 Å². The number of phenols is 1. The highest BCUT2D eigenvalue weighted by Crippen LogP contribution is 2.32. The highest BCUT2D eigenvalue weighted by molar-refractivity contribution is 6.32. The number of hydrogen-bond acceptors (Lipinski definition) is 4. The summed E-state index contributed by atoms with van der Waals surface area (Å²) in [5.41, 5.74) is 0.807. The first-order valence-corrected chi connectivity index (χ1v) is 8.35. The van der Waals surface area contributed by atoms with Crippen LogP contribution in [0.15, 0.2) is 36.4 Å². The number of benzene rings is 2. The van der Waals surface area contributed by atoms with Gasteiger partial charge < -0.3 is 19.3 Å². The average molecular weight is 351 g/mol. The minimum Gasteiger partial charge on any atom is -0.508 e. The molecule has 0 amide bonds. The zero-order valence-corrected chi connectivity index (χ0v) is 15.0. The Morgan fingerprint density at radius 1 is 1.00 bits per heavy atom. The molecule has 0 saturated carbocycles. The van der Waals surface area contributed by atoms with E-state index in [1.165, 1.54) is 6.07 Å². The molecule has 0 fully saturated rings. The van der Waals surface area contributed by atoms with Crippen LogP contribution in [0.5, 0.6) is 23.0 Å². The van der Waals surface area contributed by atoms with E-state index >= 15 is 0 Å². The third-order valence-corrected chi connectivity index (χ3v) is 3.49. The Morgan fingerprint density at radius 2 is 1.62 bits per heavy atom. The van der Waals surface area contributed by atoms with Crippen LogP contribution in [-0.4, -0.2) is 24.4 Å². The summed E-state index contributed by atoms with van der Waals surface area (Å²) in [6.07, 6.45) is 0.880. The molecule has 0 aromatic heterocycles. The van der Waals surface area contributed by atoms with E-state index in [9.17, 15) is 5.11 Å². The van der Waals surface area contributed by atoms with Gasteiger partial charge in [-0.15, -0.1) is 0 Å². The smallest absolute Gasteiger partial charge is 0.141 e. The summed E-state index contributed by atoms with van der Waals surface area (Å²) in [6.45, 7) is 6.86. The number of rotatable bonds is 8. The van der Waals surface area contributed by atoms with Crippen molar-refractivity contribution >= 4 is 11.6 Å². The summed E-state index contributed by atoms with van der Waals surface area (Å²) in [7, 11) is 0. The van der Waals surface area contributed by atoms with E-state index in [0.29, 0.717) is 24.0 Å². The van der Waals surface area contributed by atoms with Gasteiger partial charge in [-0.3, -0.25) is 0 Å². The minimum atomic E-state index is 0.137. The molecule has 2 aromatic rings. The second-order valence-electron chi connectivity index (χ2n) is 5.76. The Morgan fingerprint density at radius 3 is 2.25 bits per heavy atom. The lowest BCUT2D eigenvalue weighted by Gasteiger charge is -2.12. The summed E-state index contributed by atoms with van der Waals surface area (Å²) >= 11 is 6.07. The molecular weight excluding hydrogens is 328 g/mol. The highest BCUT2D eigenvalue weighted by Gasteiger charge is 2.07. The van der Waals surface area contributed by atoms with Crippen LogP contribution >= 0.6 is 11.6 Å². The molecule has 5 heteroatoms. The fourth-order valence-corrected chi connectivity index (χ4v) is 2.52. The summed E-state index contributed by atoms with van der Waals surface area (Å²) in [5.74, 6) is 2.37. The molecule has 0 bridgehead atoms. The van der Waals surface area contributed by atoms with Crippen LogP contribution in [0, 0.1) is 6.92 Å².